The quantitative estimate of drug-likeness (QED) is 0.188. The van der Waals surface area contributed by atoms with Gasteiger partial charge in [0.2, 0.25) is 11.8 Å². The summed E-state index contributed by atoms with van der Waals surface area (Å²) in [6.07, 6.45) is 1.93. The lowest BCUT2D eigenvalue weighted by Crippen LogP contribution is -2.54. The number of methoxy groups -OCH3 is 1. The monoisotopic (exact) mass is 534 g/mol. The van der Waals surface area contributed by atoms with E-state index in [0.717, 1.165) is 44.5 Å². The van der Waals surface area contributed by atoms with Crippen molar-refractivity contribution in [3.63, 3.8) is 0 Å². The molecule has 3 aliphatic carbocycles. The van der Waals surface area contributed by atoms with Gasteiger partial charge in [0, 0.05) is 17.5 Å². The summed E-state index contributed by atoms with van der Waals surface area (Å²) < 4.78 is 5.33. The minimum Gasteiger partial charge on any atom is -0.497 e. The number of ether oxygens (including phenoxy) is 1. The Morgan fingerprint density at radius 2 is 1.37 bits per heavy atom. The molecule has 0 unspecified atom stereocenters. The molecular formula is C36H26N2O3. The van der Waals surface area contributed by atoms with Crippen molar-refractivity contribution in [1.82, 2.24) is 0 Å². The van der Waals surface area contributed by atoms with E-state index in [4.69, 9.17) is 9.73 Å². The highest BCUT2D eigenvalue weighted by atomic mass is 16.5. The summed E-state index contributed by atoms with van der Waals surface area (Å²) in [7, 11) is 1.64. The minimum absolute atomic E-state index is 0.146. The predicted octanol–water partition coefficient (Wildman–Crippen LogP) is 6.80. The molecule has 4 aliphatic rings. The van der Waals surface area contributed by atoms with Crippen LogP contribution in [0.4, 0.5) is 11.4 Å². The van der Waals surface area contributed by atoms with Gasteiger partial charge in [-0.3, -0.25) is 14.6 Å². The molecule has 2 atom stereocenters. The molecule has 0 saturated carbocycles. The third-order valence-electron chi connectivity index (χ3n) is 9.18. The molecule has 0 spiro atoms. The SMILES string of the molecule is COc1ccc(N=CC23c4ccccc4C(c4ccccc42)[C@H]2C(=O)N(c4cccc5ccccc45)C(=O)[C@H]23)cc1. The van der Waals surface area contributed by atoms with E-state index in [2.05, 4.69) is 24.3 Å². The number of amides is 2. The van der Waals surface area contributed by atoms with Gasteiger partial charge in [-0.05, 0) is 58.0 Å². The number of rotatable bonds is 4. The maximum atomic E-state index is 14.7. The summed E-state index contributed by atoms with van der Waals surface area (Å²) in [6, 6.07) is 37.8. The molecule has 1 heterocycles. The van der Waals surface area contributed by atoms with Crippen LogP contribution in [0.1, 0.15) is 28.2 Å². The summed E-state index contributed by atoms with van der Waals surface area (Å²) >= 11 is 0. The van der Waals surface area contributed by atoms with Crippen molar-refractivity contribution >= 4 is 40.2 Å². The Morgan fingerprint density at radius 1 is 0.732 bits per heavy atom. The van der Waals surface area contributed by atoms with Crippen LogP contribution in [0.3, 0.4) is 0 Å². The molecule has 41 heavy (non-hydrogen) atoms. The fourth-order valence-electron chi connectivity index (χ4n) is 7.54. The van der Waals surface area contributed by atoms with Gasteiger partial charge in [-0.1, -0.05) is 84.9 Å². The van der Waals surface area contributed by atoms with Crippen molar-refractivity contribution in [1.29, 1.82) is 0 Å². The molecular weight excluding hydrogens is 508 g/mol. The smallest absolute Gasteiger partial charge is 0.239 e. The number of aliphatic imine (C=N–C) groups is 1. The van der Waals surface area contributed by atoms with Gasteiger partial charge in [0.25, 0.3) is 0 Å². The number of hydrogen-bond acceptors (Lipinski definition) is 4. The summed E-state index contributed by atoms with van der Waals surface area (Å²) in [4.78, 5) is 35.7. The number of hydrogen-bond donors (Lipinski definition) is 0. The molecule has 5 heteroatoms. The molecule has 1 aliphatic heterocycles. The van der Waals surface area contributed by atoms with Crippen molar-refractivity contribution in [2.45, 2.75) is 11.3 Å². The van der Waals surface area contributed by atoms with Crippen LogP contribution < -0.4 is 9.64 Å². The van der Waals surface area contributed by atoms with Crippen LogP contribution in [0.5, 0.6) is 5.75 Å². The fraction of sp³-hybridized carbons (Fsp3) is 0.139. The highest BCUT2D eigenvalue weighted by Gasteiger charge is 2.68. The van der Waals surface area contributed by atoms with Gasteiger partial charge in [0.15, 0.2) is 0 Å². The summed E-state index contributed by atoms with van der Waals surface area (Å²) in [5, 5.41) is 1.88. The summed E-state index contributed by atoms with van der Waals surface area (Å²) in [5.74, 6) is -0.933. The van der Waals surface area contributed by atoms with Crippen molar-refractivity contribution in [3.8, 4) is 5.75 Å². The van der Waals surface area contributed by atoms with Gasteiger partial charge >= 0.3 is 0 Å². The Hall–Kier alpha value is -5.03. The third-order valence-corrected chi connectivity index (χ3v) is 9.18. The second-order valence-electron chi connectivity index (χ2n) is 11.0. The van der Waals surface area contributed by atoms with Crippen LogP contribution in [0, 0.1) is 11.8 Å². The van der Waals surface area contributed by atoms with Crippen LogP contribution >= 0.6 is 0 Å². The van der Waals surface area contributed by atoms with Crippen LogP contribution in [0.25, 0.3) is 10.8 Å². The van der Waals surface area contributed by atoms with Crippen LogP contribution in [-0.2, 0) is 15.0 Å². The second-order valence-corrected chi connectivity index (χ2v) is 11.0. The highest BCUT2D eigenvalue weighted by Crippen LogP contribution is 2.64. The number of carbonyl (C=O) groups is 2. The Kier molecular flexibility index (Phi) is 5.08. The molecule has 0 radical (unpaired) electrons. The second kappa shape index (κ2) is 8.73. The minimum atomic E-state index is -0.904. The molecule has 1 fully saturated rings. The van der Waals surface area contributed by atoms with E-state index in [1.54, 1.807) is 7.11 Å². The molecule has 2 amide bonds. The standard InChI is InChI=1S/C36H26N2O3/c1-41-24-19-17-23(18-20-24)37-21-36-28-14-6-4-12-26(28)31(27-13-5-7-15-29(27)36)32-33(36)35(40)38(34(32)39)30-16-8-10-22-9-2-3-11-25(22)30/h2-21,31-33H,1H3/t31?,32-,33+,36?/m1/s1. The molecule has 1 saturated heterocycles. The molecule has 5 aromatic carbocycles. The lowest BCUT2D eigenvalue weighted by atomic mass is 9.47. The van der Waals surface area contributed by atoms with Gasteiger partial charge < -0.3 is 4.74 Å². The molecule has 0 aromatic heterocycles. The fourth-order valence-corrected chi connectivity index (χ4v) is 7.54. The van der Waals surface area contributed by atoms with Crippen molar-refractivity contribution < 1.29 is 14.3 Å². The number of benzene rings is 5. The van der Waals surface area contributed by atoms with E-state index in [1.807, 2.05) is 97.2 Å². The lowest BCUT2D eigenvalue weighted by Gasteiger charge is -2.52. The maximum Gasteiger partial charge on any atom is 0.239 e. The molecule has 5 aromatic rings. The van der Waals surface area contributed by atoms with Crippen molar-refractivity contribution in [2.75, 3.05) is 12.0 Å². The zero-order valence-corrected chi connectivity index (χ0v) is 22.4. The van der Waals surface area contributed by atoms with Gasteiger partial charge in [-0.25, -0.2) is 4.90 Å². The molecule has 9 rings (SSSR count). The molecule has 0 N–H and O–H groups in total. The first kappa shape index (κ1) is 23.8. The Morgan fingerprint density at radius 3 is 2.07 bits per heavy atom. The predicted molar refractivity (Wildman–Crippen MR) is 160 cm³/mol. The van der Waals surface area contributed by atoms with Crippen molar-refractivity contribution in [3.05, 3.63) is 138 Å². The van der Waals surface area contributed by atoms with Crippen molar-refractivity contribution in [2.24, 2.45) is 16.8 Å². The maximum absolute atomic E-state index is 14.7. The van der Waals surface area contributed by atoms with E-state index >= 15 is 0 Å². The van der Waals surface area contributed by atoms with Crippen LogP contribution in [0.15, 0.2) is 120 Å². The van der Waals surface area contributed by atoms with E-state index in [1.165, 1.54) is 4.90 Å². The van der Waals surface area contributed by atoms with Crippen LogP contribution in [-0.4, -0.2) is 25.1 Å². The zero-order chi connectivity index (χ0) is 27.7. The zero-order valence-electron chi connectivity index (χ0n) is 22.4. The number of fused-ring (bicyclic) bond motifs is 1. The Labute approximate surface area is 237 Å². The number of carbonyl (C=O) groups excluding carboxylic acids is 2. The van der Waals surface area contributed by atoms with Gasteiger partial charge in [-0.15, -0.1) is 0 Å². The lowest BCUT2D eigenvalue weighted by molar-refractivity contribution is -0.122. The Balaban J connectivity index is 1.38. The summed E-state index contributed by atoms with van der Waals surface area (Å²) in [6.45, 7) is 0. The normalized spacial score (nSPS) is 24.0. The first-order chi connectivity index (χ1) is 20.1. The van der Waals surface area contributed by atoms with E-state index in [0.29, 0.717) is 5.69 Å². The largest absolute Gasteiger partial charge is 0.497 e. The third kappa shape index (κ3) is 3.14. The average molecular weight is 535 g/mol. The topological polar surface area (TPSA) is 59.0 Å². The number of anilines is 1. The summed E-state index contributed by atoms with van der Waals surface area (Å²) in [5.41, 5.74) is 4.76. The van der Waals surface area contributed by atoms with E-state index in [9.17, 15) is 9.59 Å². The number of imide groups is 1. The van der Waals surface area contributed by atoms with E-state index in [-0.39, 0.29) is 17.7 Å². The number of nitrogens with zero attached hydrogens (tertiary/aromatic N) is 2. The highest BCUT2D eigenvalue weighted by molar-refractivity contribution is 6.27. The van der Waals surface area contributed by atoms with Gasteiger partial charge in [0.05, 0.1) is 35.7 Å². The molecule has 2 bridgehead atoms. The molecule has 198 valence electrons. The average Bonchev–Trinajstić information content (AvgIpc) is 3.30. The first-order valence-electron chi connectivity index (χ1n) is 13.9. The van der Waals surface area contributed by atoms with Gasteiger partial charge in [-0.2, -0.15) is 0 Å². The Bertz CT molecular complexity index is 1860. The van der Waals surface area contributed by atoms with E-state index < -0.39 is 17.3 Å². The van der Waals surface area contributed by atoms with Gasteiger partial charge in [0.1, 0.15) is 5.75 Å². The van der Waals surface area contributed by atoms with Crippen LogP contribution in [0.2, 0.25) is 0 Å². The molecule has 5 nitrogen and oxygen atoms in total. The first-order valence-corrected chi connectivity index (χ1v) is 13.9.